The lowest BCUT2D eigenvalue weighted by molar-refractivity contribution is -0.149. The molecule has 1 atom stereocenters. The summed E-state index contributed by atoms with van der Waals surface area (Å²) in [6, 6.07) is 13.3. The molecule has 0 saturated heterocycles. The summed E-state index contributed by atoms with van der Waals surface area (Å²) in [5.41, 5.74) is 2.23. The van der Waals surface area contributed by atoms with Gasteiger partial charge in [-0.3, -0.25) is 0 Å². The minimum absolute atomic E-state index is 0.0367. The Morgan fingerprint density at radius 3 is 2.31 bits per heavy atom. The molecular formula is C28H27F3O4. The number of ether oxygens (including phenoxy) is 2. The number of carbonyl (C=O) groups excluding carboxylic acids is 1. The summed E-state index contributed by atoms with van der Waals surface area (Å²) in [4.78, 5) is 13.4. The highest BCUT2D eigenvalue weighted by Gasteiger charge is 2.43. The van der Waals surface area contributed by atoms with E-state index in [1.54, 1.807) is 12.1 Å². The summed E-state index contributed by atoms with van der Waals surface area (Å²) >= 11 is 0. The Labute approximate surface area is 202 Å². The van der Waals surface area contributed by atoms with Crippen molar-refractivity contribution in [2.24, 2.45) is 0 Å². The van der Waals surface area contributed by atoms with Gasteiger partial charge in [0.2, 0.25) is 0 Å². The molecule has 0 aromatic heterocycles. The zero-order valence-corrected chi connectivity index (χ0v) is 19.8. The summed E-state index contributed by atoms with van der Waals surface area (Å²) in [5.74, 6) is -2.19. The van der Waals surface area contributed by atoms with Crippen LogP contribution in [0.25, 0.3) is 11.1 Å². The maximum absolute atomic E-state index is 13.4. The predicted octanol–water partition coefficient (Wildman–Crippen LogP) is 7.54. The molecule has 4 rings (SSSR count). The van der Waals surface area contributed by atoms with Crippen molar-refractivity contribution in [1.82, 2.24) is 0 Å². The second kappa shape index (κ2) is 9.29. The number of phenols is 1. The van der Waals surface area contributed by atoms with Crippen molar-refractivity contribution in [2.75, 3.05) is 0 Å². The normalized spacial score (nSPS) is 17.5. The Morgan fingerprint density at radius 2 is 1.69 bits per heavy atom. The fourth-order valence-corrected chi connectivity index (χ4v) is 4.39. The number of rotatable bonds is 6. The topological polar surface area (TPSA) is 55.8 Å². The zero-order valence-electron chi connectivity index (χ0n) is 19.8. The Hall–Kier alpha value is -3.48. The molecule has 35 heavy (non-hydrogen) atoms. The predicted molar refractivity (Wildman–Crippen MR) is 126 cm³/mol. The number of esters is 1. The van der Waals surface area contributed by atoms with Gasteiger partial charge in [-0.05, 0) is 49.1 Å². The molecule has 3 aromatic rings. The Morgan fingerprint density at radius 1 is 0.971 bits per heavy atom. The molecule has 0 spiro atoms. The number of phenolic OH excluding ortho intramolecular Hbond substituents is 1. The largest absolute Gasteiger partial charge is 0.507 e. The Kier molecular flexibility index (Phi) is 6.54. The quantitative estimate of drug-likeness (QED) is 0.290. The number of fused-ring (bicyclic) bond motifs is 1. The molecule has 0 aliphatic carbocycles. The number of cyclic esters (lactones) is 1. The van der Waals surface area contributed by atoms with Gasteiger partial charge in [0.25, 0.3) is 5.79 Å². The third kappa shape index (κ3) is 4.85. The van der Waals surface area contributed by atoms with E-state index in [-0.39, 0.29) is 22.6 Å². The number of carbonyl (C=O) groups is 1. The first-order valence-corrected chi connectivity index (χ1v) is 11.6. The summed E-state index contributed by atoms with van der Waals surface area (Å²) in [5, 5.41) is 11.0. The second-order valence-corrected chi connectivity index (χ2v) is 8.97. The van der Waals surface area contributed by atoms with Crippen LogP contribution >= 0.6 is 0 Å². The Balaban J connectivity index is 1.86. The van der Waals surface area contributed by atoms with Crippen molar-refractivity contribution >= 4 is 5.97 Å². The molecule has 184 valence electrons. The molecule has 1 unspecified atom stereocenters. The summed E-state index contributed by atoms with van der Waals surface area (Å²) in [6.45, 7) is 5.46. The maximum atomic E-state index is 13.4. The van der Waals surface area contributed by atoms with Crippen LogP contribution in [0.2, 0.25) is 0 Å². The highest BCUT2D eigenvalue weighted by atomic mass is 19.4. The number of hydrogen-bond donors (Lipinski definition) is 1. The van der Waals surface area contributed by atoms with Gasteiger partial charge in [0, 0.05) is 12.5 Å². The van der Waals surface area contributed by atoms with Gasteiger partial charge in [0.1, 0.15) is 11.3 Å². The number of unbranched alkanes of at least 4 members (excludes halogenated alkanes) is 2. The van der Waals surface area contributed by atoms with Gasteiger partial charge >= 0.3 is 12.1 Å². The summed E-state index contributed by atoms with van der Waals surface area (Å²) in [7, 11) is 0. The Bertz CT molecular complexity index is 1250. The van der Waals surface area contributed by atoms with Gasteiger partial charge in [-0.2, -0.15) is 13.2 Å². The van der Waals surface area contributed by atoms with E-state index < -0.39 is 23.5 Å². The van der Waals surface area contributed by atoms with E-state index in [1.807, 2.05) is 25.1 Å². The molecule has 0 bridgehead atoms. The van der Waals surface area contributed by atoms with Crippen molar-refractivity contribution in [2.45, 2.75) is 58.4 Å². The third-order valence-electron chi connectivity index (χ3n) is 6.22. The number of alkyl halides is 3. The first kappa shape index (κ1) is 24.6. The fraction of sp³-hybridized carbons (Fsp3) is 0.321. The number of aromatic hydroxyl groups is 1. The van der Waals surface area contributed by atoms with Crippen LogP contribution in [0.1, 0.15) is 65.7 Å². The van der Waals surface area contributed by atoms with E-state index in [2.05, 4.69) is 6.92 Å². The number of halogens is 3. The lowest BCUT2D eigenvalue weighted by Gasteiger charge is -2.37. The van der Waals surface area contributed by atoms with E-state index in [9.17, 15) is 23.1 Å². The lowest BCUT2D eigenvalue weighted by Crippen LogP contribution is -2.40. The molecule has 0 fully saturated rings. The third-order valence-corrected chi connectivity index (χ3v) is 6.22. The standard InChI is InChI=1S/C28H27F3O4/c1-4-5-6-9-19-16-22(32)23(18-10-7-8-17(2)15-18)25-24(19)26(33)35-27(3,34-25)20-11-13-21(14-12-20)28(29,30)31/h7-8,10-16,32H,4-6,9H2,1-3H3. The molecule has 0 saturated carbocycles. The van der Waals surface area contributed by atoms with Crippen LogP contribution in [0.15, 0.2) is 54.6 Å². The molecule has 1 aliphatic heterocycles. The van der Waals surface area contributed by atoms with Crippen LogP contribution < -0.4 is 4.74 Å². The van der Waals surface area contributed by atoms with Gasteiger partial charge in [0.05, 0.1) is 11.1 Å². The number of hydrogen-bond acceptors (Lipinski definition) is 4. The second-order valence-electron chi connectivity index (χ2n) is 8.97. The average molecular weight is 485 g/mol. The van der Waals surface area contributed by atoms with Gasteiger partial charge in [-0.1, -0.05) is 61.7 Å². The number of benzene rings is 3. The molecule has 1 heterocycles. The SMILES string of the molecule is CCCCCc1cc(O)c(-c2cccc(C)c2)c2c1C(=O)OC(C)(c1ccc(C(F)(F)F)cc1)O2. The van der Waals surface area contributed by atoms with Gasteiger partial charge < -0.3 is 14.6 Å². The number of aryl methyl sites for hydroxylation is 2. The van der Waals surface area contributed by atoms with Crippen LogP contribution in [0, 0.1) is 6.92 Å². The van der Waals surface area contributed by atoms with Gasteiger partial charge in [0.15, 0.2) is 5.75 Å². The maximum Gasteiger partial charge on any atom is 0.416 e. The molecule has 4 nitrogen and oxygen atoms in total. The van der Waals surface area contributed by atoms with Crippen LogP contribution in [0.5, 0.6) is 11.5 Å². The van der Waals surface area contributed by atoms with Crippen molar-refractivity contribution in [1.29, 1.82) is 0 Å². The minimum atomic E-state index is -4.49. The molecule has 0 amide bonds. The van der Waals surface area contributed by atoms with Crippen molar-refractivity contribution < 1.29 is 32.5 Å². The van der Waals surface area contributed by atoms with Gasteiger partial charge in [-0.15, -0.1) is 0 Å². The zero-order chi connectivity index (χ0) is 25.4. The molecule has 7 heteroatoms. The van der Waals surface area contributed by atoms with Crippen LogP contribution in [0.4, 0.5) is 13.2 Å². The monoisotopic (exact) mass is 484 g/mol. The molecular weight excluding hydrogens is 457 g/mol. The average Bonchev–Trinajstić information content (AvgIpc) is 2.78. The van der Waals surface area contributed by atoms with Crippen LogP contribution in [-0.4, -0.2) is 11.1 Å². The molecule has 1 aliphatic rings. The lowest BCUT2D eigenvalue weighted by atomic mass is 9.91. The first-order valence-electron chi connectivity index (χ1n) is 11.6. The van der Waals surface area contributed by atoms with E-state index >= 15 is 0 Å². The molecule has 3 aromatic carbocycles. The minimum Gasteiger partial charge on any atom is -0.507 e. The van der Waals surface area contributed by atoms with Gasteiger partial charge in [-0.25, -0.2) is 4.79 Å². The summed E-state index contributed by atoms with van der Waals surface area (Å²) < 4.78 is 51.1. The van der Waals surface area contributed by atoms with Crippen molar-refractivity contribution in [3.63, 3.8) is 0 Å². The molecule has 1 N–H and O–H groups in total. The molecule has 0 radical (unpaired) electrons. The van der Waals surface area contributed by atoms with E-state index in [4.69, 9.17) is 9.47 Å². The van der Waals surface area contributed by atoms with Crippen LogP contribution in [0.3, 0.4) is 0 Å². The van der Waals surface area contributed by atoms with E-state index in [1.165, 1.54) is 19.1 Å². The first-order chi connectivity index (χ1) is 16.5. The van der Waals surface area contributed by atoms with Crippen LogP contribution in [-0.2, 0) is 23.1 Å². The highest BCUT2D eigenvalue weighted by Crippen LogP contribution is 2.49. The fourth-order valence-electron chi connectivity index (χ4n) is 4.39. The highest BCUT2D eigenvalue weighted by molar-refractivity contribution is 6.00. The van der Waals surface area contributed by atoms with E-state index in [0.29, 0.717) is 23.1 Å². The van der Waals surface area contributed by atoms with Crippen molar-refractivity contribution in [3.8, 4) is 22.6 Å². The van der Waals surface area contributed by atoms with E-state index in [0.717, 1.165) is 37.0 Å². The van der Waals surface area contributed by atoms with Crippen molar-refractivity contribution in [3.05, 3.63) is 82.4 Å². The smallest absolute Gasteiger partial charge is 0.416 e. The summed E-state index contributed by atoms with van der Waals surface area (Å²) in [6.07, 6.45) is -1.19.